The van der Waals surface area contributed by atoms with Gasteiger partial charge in [-0.05, 0) is 29.7 Å². The van der Waals surface area contributed by atoms with Gasteiger partial charge in [0.1, 0.15) is 5.75 Å². The zero-order chi connectivity index (χ0) is 25.8. The summed E-state index contributed by atoms with van der Waals surface area (Å²) < 4.78 is 4.75. The van der Waals surface area contributed by atoms with Crippen molar-refractivity contribution in [2.24, 2.45) is 14.1 Å². The molecule has 7 nitrogen and oxygen atoms in total. The van der Waals surface area contributed by atoms with Crippen LogP contribution in [0.15, 0.2) is 95.0 Å². The van der Waals surface area contributed by atoms with E-state index in [2.05, 4.69) is 16.5 Å². The zero-order valence-electron chi connectivity index (χ0n) is 20.6. The highest BCUT2D eigenvalue weighted by molar-refractivity contribution is 5.99. The number of nitrogens with zero attached hydrogens (tertiary/aromatic N) is 3. The lowest BCUT2D eigenvalue weighted by molar-refractivity contribution is 0.460. The minimum atomic E-state index is -0.530. The fourth-order valence-electron chi connectivity index (χ4n) is 5.49. The van der Waals surface area contributed by atoms with Crippen LogP contribution in [0.4, 0.5) is 5.69 Å². The summed E-state index contributed by atoms with van der Waals surface area (Å²) in [6, 6.07) is 22.7. The Kier molecular flexibility index (Phi) is 5.15. The Labute approximate surface area is 213 Å². The molecule has 2 aromatic heterocycles. The molecule has 0 saturated heterocycles. The molecule has 3 heterocycles. The van der Waals surface area contributed by atoms with E-state index in [-0.39, 0.29) is 11.3 Å². The number of aromatic hydroxyl groups is 1. The van der Waals surface area contributed by atoms with E-state index in [9.17, 15) is 14.7 Å². The van der Waals surface area contributed by atoms with Crippen LogP contribution in [0.2, 0.25) is 0 Å². The lowest BCUT2D eigenvalue weighted by Gasteiger charge is -2.31. The van der Waals surface area contributed by atoms with Crippen molar-refractivity contribution in [3.8, 4) is 22.7 Å². The van der Waals surface area contributed by atoms with Gasteiger partial charge in [0.2, 0.25) is 0 Å². The lowest BCUT2D eigenvalue weighted by atomic mass is 9.95. The predicted octanol–water partition coefficient (Wildman–Crippen LogP) is 4.64. The van der Waals surface area contributed by atoms with Crippen LogP contribution >= 0.6 is 0 Å². The van der Waals surface area contributed by atoms with E-state index in [1.165, 1.54) is 11.6 Å². The maximum Gasteiger partial charge on any atom is 0.331 e. The summed E-state index contributed by atoms with van der Waals surface area (Å²) in [5, 5.41) is 15.4. The number of rotatable bonds is 4. The molecule has 5 aromatic rings. The summed E-state index contributed by atoms with van der Waals surface area (Å²) in [6.45, 7) is 3.82. The first-order valence-corrected chi connectivity index (χ1v) is 12.1. The topological polar surface area (TPSA) is 81.2 Å². The molecule has 184 valence electrons. The quantitative estimate of drug-likeness (QED) is 0.360. The molecular weight excluding hydrogens is 464 g/mol. The van der Waals surface area contributed by atoms with Gasteiger partial charge in [-0.3, -0.25) is 13.9 Å². The third-order valence-corrected chi connectivity index (χ3v) is 7.20. The molecule has 0 aliphatic carbocycles. The second-order valence-corrected chi connectivity index (χ2v) is 9.31. The fraction of sp³-hybridized carbons (Fsp3) is 0.133. The highest BCUT2D eigenvalue weighted by Gasteiger charge is 2.35. The number of phenols is 1. The molecule has 1 aliphatic heterocycles. The van der Waals surface area contributed by atoms with Gasteiger partial charge >= 0.3 is 5.69 Å². The Morgan fingerprint density at radius 3 is 2.43 bits per heavy atom. The number of para-hydroxylation sites is 3. The van der Waals surface area contributed by atoms with Gasteiger partial charge in [0, 0.05) is 19.7 Å². The minimum absolute atomic E-state index is 0.162. The van der Waals surface area contributed by atoms with Crippen LogP contribution < -0.4 is 16.6 Å². The van der Waals surface area contributed by atoms with Gasteiger partial charge in [0.15, 0.2) is 0 Å². The average molecular weight is 491 g/mol. The van der Waals surface area contributed by atoms with E-state index in [1.807, 2.05) is 72.8 Å². The third-order valence-electron chi connectivity index (χ3n) is 7.20. The number of phenolic OH excluding ortho intramolecular Hbond substituents is 1. The third kappa shape index (κ3) is 3.20. The number of allylic oxidation sites excluding steroid dienone is 1. The highest BCUT2D eigenvalue weighted by atomic mass is 16.3. The van der Waals surface area contributed by atoms with Crippen molar-refractivity contribution in [3.05, 3.63) is 123 Å². The Morgan fingerprint density at radius 2 is 1.68 bits per heavy atom. The summed E-state index contributed by atoms with van der Waals surface area (Å²) >= 11 is 0. The van der Waals surface area contributed by atoms with Crippen molar-refractivity contribution >= 4 is 16.6 Å². The lowest BCUT2D eigenvalue weighted by Crippen LogP contribution is -2.37. The van der Waals surface area contributed by atoms with Gasteiger partial charge in [-0.15, -0.1) is 6.58 Å². The fourth-order valence-corrected chi connectivity index (χ4v) is 5.49. The number of aryl methyl sites for hydroxylation is 1. The summed E-state index contributed by atoms with van der Waals surface area (Å²) in [6.07, 6.45) is 2.26. The Balaban J connectivity index is 1.84. The first-order chi connectivity index (χ1) is 17.9. The van der Waals surface area contributed by atoms with E-state index in [4.69, 9.17) is 0 Å². The summed E-state index contributed by atoms with van der Waals surface area (Å²) in [7, 11) is 3.19. The van der Waals surface area contributed by atoms with Crippen molar-refractivity contribution in [2.45, 2.75) is 12.5 Å². The Hall–Kier alpha value is -4.78. The Bertz CT molecular complexity index is 1830. The number of hydrogen-bond donors (Lipinski definition) is 2. The normalized spacial score (nSPS) is 14.2. The number of fused-ring (bicyclic) bond motifs is 5. The molecule has 0 fully saturated rings. The number of aromatic nitrogens is 3. The smallest absolute Gasteiger partial charge is 0.331 e. The van der Waals surface area contributed by atoms with Crippen molar-refractivity contribution < 1.29 is 5.11 Å². The van der Waals surface area contributed by atoms with Gasteiger partial charge in [0.25, 0.3) is 5.56 Å². The van der Waals surface area contributed by atoms with Gasteiger partial charge < -0.3 is 15.0 Å². The molecule has 7 heteroatoms. The first-order valence-electron chi connectivity index (χ1n) is 12.1. The monoisotopic (exact) mass is 490 g/mol. The molecule has 1 unspecified atom stereocenters. The van der Waals surface area contributed by atoms with Crippen LogP contribution in [0.25, 0.3) is 27.8 Å². The van der Waals surface area contributed by atoms with Crippen LogP contribution in [0.3, 0.4) is 0 Å². The molecule has 1 atom stereocenters. The predicted molar refractivity (Wildman–Crippen MR) is 147 cm³/mol. The Morgan fingerprint density at radius 1 is 0.946 bits per heavy atom. The standard InChI is InChI=1S/C30H26N4O3/c1-4-11-19-14-10-15-20(28(19)35)24-27-26-23(29(36)33(3)30(37)32(26)2)25(18-12-6-5-7-13-18)34(27)22-17-9-8-16-21(22)31-24/h4-10,12-17,24,31,35H,1,11H2,2-3H3. The number of anilines is 1. The van der Waals surface area contributed by atoms with Gasteiger partial charge in [0.05, 0.1) is 39.7 Å². The van der Waals surface area contributed by atoms with Crippen molar-refractivity contribution in [1.29, 1.82) is 0 Å². The molecule has 0 amide bonds. The number of nitrogens with one attached hydrogen (secondary N) is 1. The van der Waals surface area contributed by atoms with Crippen LogP contribution in [0.5, 0.6) is 5.75 Å². The van der Waals surface area contributed by atoms with Crippen molar-refractivity contribution in [1.82, 2.24) is 13.7 Å². The molecule has 0 spiro atoms. The molecule has 0 saturated carbocycles. The summed E-state index contributed by atoms with van der Waals surface area (Å²) in [5.74, 6) is 0.162. The second kappa shape index (κ2) is 8.41. The first kappa shape index (κ1) is 22.7. The molecular formula is C30H26N4O3. The molecule has 0 radical (unpaired) electrons. The summed E-state index contributed by atoms with van der Waals surface area (Å²) in [5.41, 5.74) is 5.17. The van der Waals surface area contributed by atoms with E-state index in [1.54, 1.807) is 13.1 Å². The average Bonchev–Trinajstić information content (AvgIpc) is 3.29. The van der Waals surface area contributed by atoms with E-state index in [0.717, 1.165) is 32.8 Å². The van der Waals surface area contributed by atoms with Crippen molar-refractivity contribution in [2.75, 3.05) is 5.32 Å². The largest absolute Gasteiger partial charge is 0.507 e. The molecule has 1 aliphatic rings. The van der Waals surface area contributed by atoms with E-state index >= 15 is 0 Å². The van der Waals surface area contributed by atoms with Crippen molar-refractivity contribution in [3.63, 3.8) is 0 Å². The number of hydrogen-bond acceptors (Lipinski definition) is 4. The molecule has 6 rings (SSSR count). The SMILES string of the molecule is C=CCc1cccc(C2Nc3ccccc3-n3c(-c4ccccc4)c4c(=O)n(C)c(=O)n(C)c4c32)c1O. The second-order valence-electron chi connectivity index (χ2n) is 9.31. The highest BCUT2D eigenvalue weighted by Crippen LogP contribution is 2.47. The van der Waals surface area contributed by atoms with Crippen LogP contribution in [0, 0.1) is 0 Å². The van der Waals surface area contributed by atoms with E-state index < -0.39 is 11.7 Å². The van der Waals surface area contributed by atoms with E-state index in [0.29, 0.717) is 28.6 Å². The zero-order valence-corrected chi connectivity index (χ0v) is 20.6. The minimum Gasteiger partial charge on any atom is -0.507 e. The molecule has 2 N–H and O–H groups in total. The van der Waals surface area contributed by atoms with Gasteiger partial charge in [-0.1, -0.05) is 66.7 Å². The van der Waals surface area contributed by atoms with Crippen LogP contribution in [0.1, 0.15) is 22.9 Å². The van der Waals surface area contributed by atoms with Gasteiger partial charge in [-0.25, -0.2) is 4.79 Å². The molecule has 37 heavy (non-hydrogen) atoms. The molecule has 3 aromatic carbocycles. The number of benzene rings is 3. The van der Waals surface area contributed by atoms with Gasteiger partial charge in [-0.2, -0.15) is 0 Å². The van der Waals surface area contributed by atoms with Crippen LogP contribution in [-0.2, 0) is 20.5 Å². The van der Waals surface area contributed by atoms with Crippen LogP contribution in [-0.4, -0.2) is 18.8 Å². The maximum absolute atomic E-state index is 13.7. The molecule has 0 bridgehead atoms. The summed E-state index contributed by atoms with van der Waals surface area (Å²) in [4.78, 5) is 26.9. The maximum atomic E-state index is 13.7.